The number of hydrogen-bond acceptors (Lipinski definition) is 1. The van der Waals surface area contributed by atoms with Gasteiger partial charge in [-0.1, -0.05) is 36.4 Å². The van der Waals surface area contributed by atoms with Crippen LogP contribution in [0.2, 0.25) is 0 Å². The Labute approximate surface area is 192 Å². The Morgan fingerprint density at radius 1 is 0.828 bits per heavy atom. The molecule has 1 aromatic rings. The maximum atomic E-state index is 9.53. The first-order valence-electron chi connectivity index (χ1n) is 6.41. The zero-order chi connectivity index (χ0) is 22.9. The molecule has 0 fully saturated rings. The SMILES string of the molecule is C=CCCCC(O)[C]=[C]c1ccccc1.[C-]#[O+].[C-]#[O+].[C-]#[O+].[C-]#[O+].[C-]#[O+].[C-]#[O+].[Co].[Co]. The summed E-state index contributed by atoms with van der Waals surface area (Å²) in [5, 5.41) is 9.53. The van der Waals surface area contributed by atoms with Crippen molar-refractivity contribution in [3.63, 3.8) is 0 Å². The summed E-state index contributed by atoms with van der Waals surface area (Å²) in [5.41, 5.74) is 0.945. The second-order valence-electron chi connectivity index (χ2n) is 3.37. The van der Waals surface area contributed by atoms with E-state index >= 15 is 0 Å². The summed E-state index contributed by atoms with van der Waals surface area (Å²) >= 11 is 0. The van der Waals surface area contributed by atoms with Gasteiger partial charge in [-0.15, -0.1) is 6.58 Å². The Kier molecular flexibility index (Phi) is 126. The fraction of sp³-hybridized carbons (Fsp3) is 0.200. The zero-order valence-electron chi connectivity index (χ0n) is 14.9. The van der Waals surface area contributed by atoms with E-state index in [0.717, 1.165) is 18.4 Å². The number of benzene rings is 1. The van der Waals surface area contributed by atoms with E-state index in [9.17, 15) is 5.11 Å². The van der Waals surface area contributed by atoms with E-state index < -0.39 is 6.10 Å². The van der Waals surface area contributed by atoms with Gasteiger partial charge in [0.15, 0.2) is 0 Å². The number of aliphatic hydroxyl groups is 1. The topological polar surface area (TPSA) is 140 Å². The summed E-state index contributed by atoms with van der Waals surface area (Å²) < 4.78 is 45.0. The minimum absolute atomic E-state index is 0. The molecule has 0 aromatic heterocycles. The molecule has 4 radical (unpaired) electrons. The summed E-state index contributed by atoms with van der Waals surface area (Å²) in [4.78, 5) is 0. The van der Waals surface area contributed by atoms with Crippen molar-refractivity contribution in [3.05, 3.63) is 101 Å². The van der Waals surface area contributed by atoms with Crippen molar-refractivity contribution in [2.24, 2.45) is 0 Å². The van der Waals surface area contributed by atoms with Crippen LogP contribution in [0.15, 0.2) is 43.0 Å². The van der Waals surface area contributed by atoms with Gasteiger partial charge < -0.3 is 5.11 Å². The van der Waals surface area contributed by atoms with Crippen molar-refractivity contribution in [2.45, 2.75) is 25.4 Å². The molecule has 1 unspecified atom stereocenters. The smallest absolute Gasteiger partial charge is 0 e. The van der Waals surface area contributed by atoms with Crippen molar-refractivity contribution < 1.29 is 66.6 Å². The maximum absolute atomic E-state index is 9.53. The molecule has 1 atom stereocenters. The van der Waals surface area contributed by atoms with Gasteiger partial charge in [0.25, 0.3) is 0 Å². The molecule has 1 aromatic carbocycles. The Morgan fingerprint density at radius 2 is 1.21 bits per heavy atom. The van der Waals surface area contributed by atoms with E-state index in [1.54, 1.807) is 0 Å². The predicted molar refractivity (Wildman–Crippen MR) is 85.7 cm³/mol. The molecule has 7 nitrogen and oxygen atoms in total. The van der Waals surface area contributed by atoms with E-state index in [2.05, 4.69) is 58.6 Å². The number of allylic oxidation sites excluding steroid dienone is 1. The van der Waals surface area contributed by atoms with Gasteiger partial charge in [0.2, 0.25) is 0 Å². The van der Waals surface area contributed by atoms with Gasteiger partial charge in [0, 0.05) is 33.6 Å². The van der Waals surface area contributed by atoms with Gasteiger partial charge in [-0.3, -0.25) is 0 Å². The fourth-order valence-corrected chi connectivity index (χ4v) is 1.22. The third kappa shape index (κ3) is 58.5. The van der Waals surface area contributed by atoms with Crippen molar-refractivity contribution in [1.82, 2.24) is 0 Å². The van der Waals surface area contributed by atoms with Crippen LogP contribution in [-0.4, -0.2) is 11.2 Å². The molecule has 156 valence electrons. The first-order chi connectivity index (χ1) is 13.3. The largest absolute Gasteiger partial charge is 0 e. The van der Waals surface area contributed by atoms with Crippen molar-refractivity contribution in [3.8, 4) is 0 Å². The van der Waals surface area contributed by atoms with Crippen LogP contribution in [0.3, 0.4) is 0 Å². The number of unbranched alkanes of at least 4 members (excludes halogenated alkanes) is 1. The van der Waals surface area contributed by atoms with Crippen LogP contribution in [0.25, 0.3) is 0 Å². The summed E-state index contributed by atoms with van der Waals surface area (Å²) in [6, 6.07) is 9.70. The molecule has 1 N–H and O–H groups in total. The van der Waals surface area contributed by atoms with Crippen LogP contribution in [0, 0.1) is 52.1 Å². The first-order valence-corrected chi connectivity index (χ1v) is 6.41. The van der Waals surface area contributed by atoms with Gasteiger partial charge >= 0.3 is 67.8 Å². The molecule has 0 aliphatic rings. The molecule has 0 aliphatic carbocycles. The van der Waals surface area contributed by atoms with Gasteiger partial charge in [0.05, 0.1) is 6.10 Å². The molecule has 1 rings (SSSR count). The van der Waals surface area contributed by atoms with Crippen molar-refractivity contribution >= 4 is 0 Å². The van der Waals surface area contributed by atoms with Gasteiger partial charge in [0.1, 0.15) is 0 Å². The van der Waals surface area contributed by atoms with Crippen molar-refractivity contribution in [1.29, 1.82) is 0 Å². The standard InChI is InChI=1S/C14H16O.6CO.2Co/c1-2-3-5-10-14(15)12-11-13-8-6-4-7-9-13;6*1-2;;/h2,4,6-9,14-15H,1,3,5,10H2;;;;;;;;. The minimum atomic E-state index is -0.523. The average molecular weight is 486 g/mol. The van der Waals surface area contributed by atoms with Gasteiger partial charge in [-0.25, -0.2) is 0 Å². The summed E-state index contributed by atoms with van der Waals surface area (Å²) in [6.45, 7) is 30.6. The van der Waals surface area contributed by atoms with E-state index in [1.807, 2.05) is 36.4 Å². The quantitative estimate of drug-likeness (QED) is 0.281. The Morgan fingerprint density at radius 3 is 1.55 bits per heavy atom. The molecule has 0 aliphatic heterocycles. The van der Waals surface area contributed by atoms with Gasteiger partial charge in [-0.05, 0) is 37.0 Å². The molecular weight excluding hydrogens is 470 g/mol. The number of hydrogen-bond donors (Lipinski definition) is 1. The zero-order valence-corrected chi connectivity index (χ0v) is 17.0. The van der Waals surface area contributed by atoms with E-state index in [-0.39, 0.29) is 33.6 Å². The first kappa shape index (κ1) is 50.6. The monoisotopic (exact) mass is 486 g/mol. The molecular formula is C20H16Co2O7. The number of aliphatic hydroxyl groups excluding tert-OH is 1. The van der Waals surface area contributed by atoms with E-state index in [4.69, 9.17) is 27.9 Å². The minimum Gasteiger partial charge on any atom is 0 e. The molecule has 0 bridgehead atoms. The second-order valence-corrected chi connectivity index (χ2v) is 3.37. The molecule has 0 amide bonds. The molecule has 9 heteroatoms. The van der Waals surface area contributed by atoms with Crippen LogP contribution in [0.5, 0.6) is 0 Å². The Bertz CT molecular complexity index is 498. The van der Waals surface area contributed by atoms with Crippen LogP contribution < -0.4 is 0 Å². The third-order valence-corrected chi connectivity index (χ3v) is 2.04. The third-order valence-electron chi connectivity index (χ3n) is 2.04. The molecule has 0 heterocycles. The van der Waals surface area contributed by atoms with E-state index in [0.29, 0.717) is 6.42 Å². The fourth-order valence-electron chi connectivity index (χ4n) is 1.22. The van der Waals surface area contributed by atoms with Gasteiger partial charge in [-0.2, -0.15) is 0 Å². The van der Waals surface area contributed by atoms with Crippen LogP contribution in [-0.2, 0) is 61.5 Å². The Balaban J connectivity index is -0.0000000453. The average Bonchev–Trinajstić information content (AvgIpc) is 2.81. The molecule has 0 spiro atoms. The molecule has 0 saturated heterocycles. The summed E-state index contributed by atoms with van der Waals surface area (Å²) in [7, 11) is 0. The van der Waals surface area contributed by atoms with Crippen molar-refractivity contribution in [2.75, 3.05) is 0 Å². The second kappa shape index (κ2) is 72.1. The van der Waals surface area contributed by atoms with Crippen LogP contribution in [0.1, 0.15) is 24.8 Å². The molecule has 0 saturated carbocycles. The summed E-state index contributed by atoms with van der Waals surface area (Å²) in [6.07, 6.45) is 9.70. The Hall–Kier alpha value is -1.89. The normalized spacial score (nSPS) is 7.07. The van der Waals surface area contributed by atoms with E-state index in [1.165, 1.54) is 0 Å². The predicted octanol–water partition coefficient (Wildman–Crippen LogP) is 2.68. The van der Waals surface area contributed by atoms with Crippen LogP contribution in [0.4, 0.5) is 0 Å². The number of rotatable bonds is 6. The molecule has 29 heavy (non-hydrogen) atoms. The maximum Gasteiger partial charge on any atom is 0 e. The summed E-state index contributed by atoms with van der Waals surface area (Å²) in [5.74, 6) is 0. The van der Waals surface area contributed by atoms with Crippen LogP contribution >= 0.6 is 0 Å².